The van der Waals surface area contributed by atoms with Gasteiger partial charge in [-0.3, -0.25) is 4.79 Å². The standard InChI is InChI=1S/C14H20N2O3S/c1-4-9(7-13(15)20)16-14(17)11-8-10(18-2)5-6-12(11)19-3/h5-6,8-9H,4,7H2,1-3H3,(H2,15,20)(H,16,17). The Morgan fingerprint density at radius 1 is 1.40 bits per heavy atom. The van der Waals surface area contributed by atoms with Gasteiger partial charge in [0.05, 0.1) is 24.8 Å². The van der Waals surface area contributed by atoms with Crippen LogP contribution in [0.1, 0.15) is 30.1 Å². The van der Waals surface area contributed by atoms with E-state index >= 15 is 0 Å². The van der Waals surface area contributed by atoms with Crippen molar-refractivity contribution in [2.45, 2.75) is 25.8 Å². The molecule has 0 saturated carbocycles. The van der Waals surface area contributed by atoms with Crippen LogP contribution >= 0.6 is 12.2 Å². The summed E-state index contributed by atoms with van der Waals surface area (Å²) in [7, 11) is 3.07. The number of hydrogen-bond acceptors (Lipinski definition) is 4. The summed E-state index contributed by atoms with van der Waals surface area (Å²) in [6, 6.07) is 4.99. The van der Waals surface area contributed by atoms with E-state index in [0.717, 1.165) is 6.42 Å². The number of nitrogens with two attached hydrogens (primary N) is 1. The van der Waals surface area contributed by atoms with Crippen LogP contribution in [0.25, 0.3) is 0 Å². The van der Waals surface area contributed by atoms with E-state index in [9.17, 15) is 4.79 Å². The zero-order valence-electron chi connectivity index (χ0n) is 11.9. The molecule has 3 N–H and O–H groups in total. The second kappa shape index (κ2) is 7.69. The lowest BCUT2D eigenvalue weighted by Crippen LogP contribution is -2.37. The minimum Gasteiger partial charge on any atom is -0.497 e. The zero-order valence-corrected chi connectivity index (χ0v) is 12.8. The molecule has 110 valence electrons. The Morgan fingerprint density at radius 3 is 2.60 bits per heavy atom. The van der Waals surface area contributed by atoms with E-state index in [1.807, 2.05) is 6.92 Å². The lowest BCUT2D eigenvalue weighted by molar-refractivity contribution is 0.0934. The molecule has 1 amide bonds. The van der Waals surface area contributed by atoms with Crippen molar-refractivity contribution >= 4 is 23.1 Å². The molecule has 0 aliphatic rings. The van der Waals surface area contributed by atoms with Gasteiger partial charge in [0.15, 0.2) is 0 Å². The highest BCUT2D eigenvalue weighted by atomic mass is 32.1. The minimum atomic E-state index is -0.233. The van der Waals surface area contributed by atoms with E-state index in [-0.39, 0.29) is 11.9 Å². The van der Waals surface area contributed by atoms with Gasteiger partial charge in [-0.25, -0.2) is 0 Å². The van der Waals surface area contributed by atoms with Crippen LogP contribution in [-0.2, 0) is 0 Å². The molecule has 1 atom stereocenters. The van der Waals surface area contributed by atoms with Gasteiger partial charge in [-0.2, -0.15) is 0 Å². The molecule has 6 heteroatoms. The second-order valence-electron chi connectivity index (χ2n) is 4.32. The number of carbonyl (C=O) groups is 1. The molecule has 0 aliphatic carbocycles. The van der Waals surface area contributed by atoms with Gasteiger partial charge in [-0.1, -0.05) is 19.1 Å². The lowest BCUT2D eigenvalue weighted by Gasteiger charge is -2.17. The van der Waals surface area contributed by atoms with E-state index in [1.54, 1.807) is 25.3 Å². The molecule has 20 heavy (non-hydrogen) atoms. The average Bonchev–Trinajstić information content (AvgIpc) is 2.45. The summed E-state index contributed by atoms with van der Waals surface area (Å²) >= 11 is 4.88. The maximum Gasteiger partial charge on any atom is 0.255 e. The molecule has 0 aliphatic heterocycles. The summed E-state index contributed by atoms with van der Waals surface area (Å²) in [5.74, 6) is 0.857. The van der Waals surface area contributed by atoms with Crippen molar-refractivity contribution < 1.29 is 14.3 Å². The Hall–Kier alpha value is -1.82. The molecular formula is C14H20N2O3S. The smallest absolute Gasteiger partial charge is 0.255 e. The number of rotatable bonds is 7. The average molecular weight is 296 g/mol. The monoisotopic (exact) mass is 296 g/mol. The van der Waals surface area contributed by atoms with Gasteiger partial charge in [-0.05, 0) is 24.6 Å². The highest BCUT2D eigenvalue weighted by Crippen LogP contribution is 2.24. The van der Waals surface area contributed by atoms with Gasteiger partial charge in [0.1, 0.15) is 11.5 Å². The Morgan fingerprint density at radius 2 is 2.10 bits per heavy atom. The summed E-state index contributed by atoms with van der Waals surface area (Å²) in [6.45, 7) is 1.96. The Labute approximate surface area is 124 Å². The SMILES string of the molecule is CCC(CC(N)=S)NC(=O)c1cc(OC)ccc1OC. The Kier molecular flexibility index (Phi) is 6.24. The highest BCUT2D eigenvalue weighted by molar-refractivity contribution is 7.80. The van der Waals surface area contributed by atoms with Crippen molar-refractivity contribution in [1.29, 1.82) is 0 Å². The van der Waals surface area contributed by atoms with E-state index in [4.69, 9.17) is 27.4 Å². The number of carbonyl (C=O) groups excluding carboxylic acids is 1. The summed E-state index contributed by atoms with van der Waals surface area (Å²) in [5.41, 5.74) is 5.94. The van der Waals surface area contributed by atoms with Crippen LogP contribution in [0.5, 0.6) is 11.5 Å². The molecular weight excluding hydrogens is 276 g/mol. The first-order valence-corrected chi connectivity index (χ1v) is 6.73. The molecule has 0 fully saturated rings. The molecule has 0 spiro atoms. The zero-order chi connectivity index (χ0) is 15.1. The van der Waals surface area contributed by atoms with Crippen LogP contribution < -0.4 is 20.5 Å². The fourth-order valence-corrected chi connectivity index (χ4v) is 2.00. The number of thiocarbonyl (C=S) groups is 1. The first kappa shape index (κ1) is 16.2. The van der Waals surface area contributed by atoms with Crippen molar-refractivity contribution in [1.82, 2.24) is 5.32 Å². The number of nitrogens with one attached hydrogen (secondary N) is 1. The molecule has 5 nitrogen and oxygen atoms in total. The van der Waals surface area contributed by atoms with Crippen molar-refractivity contribution in [3.05, 3.63) is 23.8 Å². The molecule has 0 aromatic heterocycles. The minimum absolute atomic E-state index is 0.0871. The summed E-state index contributed by atoms with van der Waals surface area (Å²) in [6.07, 6.45) is 1.22. The molecule has 0 heterocycles. The molecule has 1 rings (SSSR count). The van der Waals surface area contributed by atoms with Gasteiger partial charge in [0, 0.05) is 12.5 Å². The lowest BCUT2D eigenvalue weighted by atomic mass is 10.1. The molecule has 0 bridgehead atoms. The predicted octanol–water partition coefficient (Wildman–Crippen LogP) is 1.89. The highest BCUT2D eigenvalue weighted by Gasteiger charge is 2.17. The molecule has 0 radical (unpaired) electrons. The molecule has 0 saturated heterocycles. The Bertz CT molecular complexity index is 491. The van der Waals surface area contributed by atoms with Crippen LogP contribution in [0.2, 0.25) is 0 Å². The third-order valence-corrected chi connectivity index (χ3v) is 3.09. The van der Waals surface area contributed by atoms with Gasteiger partial charge >= 0.3 is 0 Å². The largest absolute Gasteiger partial charge is 0.497 e. The van der Waals surface area contributed by atoms with Crippen LogP contribution in [0.3, 0.4) is 0 Å². The van der Waals surface area contributed by atoms with Crippen molar-refractivity contribution in [2.24, 2.45) is 5.73 Å². The van der Waals surface area contributed by atoms with Crippen LogP contribution in [-0.4, -0.2) is 31.2 Å². The maximum absolute atomic E-state index is 12.3. The fourth-order valence-electron chi connectivity index (χ4n) is 1.79. The molecule has 1 aromatic carbocycles. The van der Waals surface area contributed by atoms with Crippen molar-refractivity contribution in [3.8, 4) is 11.5 Å². The first-order valence-electron chi connectivity index (χ1n) is 6.33. The van der Waals surface area contributed by atoms with E-state index < -0.39 is 0 Å². The number of ether oxygens (including phenoxy) is 2. The topological polar surface area (TPSA) is 73.6 Å². The van der Waals surface area contributed by atoms with Crippen molar-refractivity contribution in [2.75, 3.05) is 14.2 Å². The van der Waals surface area contributed by atoms with E-state index in [0.29, 0.717) is 28.5 Å². The van der Waals surface area contributed by atoms with Gasteiger partial charge in [0.2, 0.25) is 0 Å². The first-order chi connectivity index (χ1) is 9.51. The summed E-state index contributed by atoms with van der Waals surface area (Å²) in [5, 5.41) is 2.90. The number of amides is 1. The fraction of sp³-hybridized carbons (Fsp3) is 0.429. The third-order valence-electron chi connectivity index (χ3n) is 2.93. The van der Waals surface area contributed by atoms with Crippen LogP contribution in [0, 0.1) is 0 Å². The number of hydrogen-bond donors (Lipinski definition) is 2. The van der Waals surface area contributed by atoms with E-state index in [1.165, 1.54) is 7.11 Å². The quantitative estimate of drug-likeness (QED) is 0.752. The number of benzene rings is 1. The second-order valence-corrected chi connectivity index (χ2v) is 4.84. The van der Waals surface area contributed by atoms with E-state index in [2.05, 4.69) is 5.32 Å². The number of methoxy groups -OCH3 is 2. The van der Waals surface area contributed by atoms with Gasteiger partial charge in [0.25, 0.3) is 5.91 Å². The molecule has 1 unspecified atom stereocenters. The Balaban J connectivity index is 2.92. The molecule has 1 aromatic rings. The van der Waals surface area contributed by atoms with Crippen LogP contribution in [0.15, 0.2) is 18.2 Å². The normalized spacial score (nSPS) is 11.6. The summed E-state index contributed by atoms with van der Waals surface area (Å²) < 4.78 is 10.3. The predicted molar refractivity (Wildman–Crippen MR) is 82.5 cm³/mol. The van der Waals surface area contributed by atoms with Gasteiger partial charge in [-0.15, -0.1) is 0 Å². The maximum atomic E-state index is 12.3. The summed E-state index contributed by atoms with van der Waals surface area (Å²) in [4.78, 5) is 12.7. The van der Waals surface area contributed by atoms with Crippen LogP contribution in [0.4, 0.5) is 0 Å². The third kappa shape index (κ3) is 4.38. The van der Waals surface area contributed by atoms with Crippen molar-refractivity contribution in [3.63, 3.8) is 0 Å². The van der Waals surface area contributed by atoms with Gasteiger partial charge < -0.3 is 20.5 Å².